The van der Waals surface area contributed by atoms with E-state index in [0.717, 1.165) is 26.7 Å². The third-order valence-electron chi connectivity index (χ3n) is 3.86. The molecular weight excluding hydrogens is 320 g/mol. The zero-order chi connectivity index (χ0) is 16.5. The van der Waals surface area contributed by atoms with Crippen molar-refractivity contribution >= 4 is 21.6 Å². The van der Waals surface area contributed by atoms with Crippen LogP contribution in [0.1, 0.15) is 0 Å². The molecule has 0 aliphatic rings. The normalized spacial score (nSPS) is 10.9. The first-order valence-corrected chi connectivity index (χ1v) is 8.29. The summed E-state index contributed by atoms with van der Waals surface area (Å²) in [5.74, 6) is 0.753. The van der Waals surface area contributed by atoms with Crippen molar-refractivity contribution in [3.8, 4) is 21.9 Å². The second kappa shape index (κ2) is 5.94. The van der Waals surface area contributed by atoms with Crippen molar-refractivity contribution in [2.24, 2.45) is 0 Å². The van der Waals surface area contributed by atoms with Crippen LogP contribution >= 0.6 is 11.3 Å². The minimum Gasteiger partial charge on any atom is -0.497 e. The summed E-state index contributed by atoms with van der Waals surface area (Å²) >= 11 is 1.53. The van der Waals surface area contributed by atoms with Gasteiger partial charge in [0.1, 0.15) is 16.9 Å². The summed E-state index contributed by atoms with van der Waals surface area (Å²) < 4.78 is 6.72. The fourth-order valence-electron chi connectivity index (χ4n) is 2.59. The van der Waals surface area contributed by atoms with Crippen molar-refractivity contribution in [1.29, 1.82) is 0 Å². The van der Waals surface area contributed by atoms with Crippen molar-refractivity contribution in [3.63, 3.8) is 0 Å². The van der Waals surface area contributed by atoms with E-state index in [9.17, 15) is 4.79 Å². The van der Waals surface area contributed by atoms with Crippen molar-refractivity contribution in [2.45, 2.75) is 0 Å². The summed E-state index contributed by atoms with van der Waals surface area (Å²) in [4.78, 5) is 19.1. The quantitative estimate of drug-likeness (QED) is 0.566. The highest BCUT2D eigenvalue weighted by Crippen LogP contribution is 2.30. The Morgan fingerprint density at radius 1 is 1.04 bits per heavy atom. The van der Waals surface area contributed by atoms with Crippen LogP contribution in [0.2, 0.25) is 0 Å². The Balaban J connectivity index is 1.84. The Morgan fingerprint density at radius 3 is 2.50 bits per heavy atom. The van der Waals surface area contributed by atoms with Crippen LogP contribution in [0.15, 0.2) is 71.8 Å². The zero-order valence-corrected chi connectivity index (χ0v) is 13.8. The Labute approximate surface area is 142 Å². The van der Waals surface area contributed by atoms with Gasteiger partial charge in [0.2, 0.25) is 0 Å². The van der Waals surface area contributed by atoms with Gasteiger partial charge in [-0.1, -0.05) is 30.3 Å². The maximum Gasteiger partial charge on any atom is 0.266 e. The number of fused-ring (bicyclic) bond motifs is 1. The molecule has 24 heavy (non-hydrogen) atoms. The van der Waals surface area contributed by atoms with Crippen LogP contribution in [0.4, 0.5) is 0 Å². The summed E-state index contributed by atoms with van der Waals surface area (Å²) in [6.07, 6.45) is 1.58. The van der Waals surface area contributed by atoms with Gasteiger partial charge in [-0.15, -0.1) is 11.3 Å². The number of thiophene rings is 1. The van der Waals surface area contributed by atoms with E-state index >= 15 is 0 Å². The molecule has 0 saturated carbocycles. The smallest absolute Gasteiger partial charge is 0.266 e. The third kappa shape index (κ3) is 2.49. The number of benzene rings is 2. The maximum atomic E-state index is 12.8. The SMILES string of the molecule is COc1ccc(-n2cnc3sc(-c4ccccc4)cc3c2=O)cc1. The predicted octanol–water partition coefficient (Wildman–Crippen LogP) is 4.12. The topological polar surface area (TPSA) is 44.1 Å². The van der Waals surface area contributed by atoms with Gasteiger partial charge in [-0.25, -0.2) is 4.98 Å². The zero-order valence-electron chi connectivity index (χ0n) is 13.0. The van der Waals surface area contributed by atoms with E-state index in [1.807, 2.05) is 60.7 Å². The molecule has 2 heterocycles. The van der Waals surface area contributed by atoms with E-state index in [-0.39, 0.29) is 5.56 Å². The first kappa shape index (κ1) is 14.7. The molecule has 0 amide bonds. The number of nitrogens with zero attached hydrogens (tertiary/aromatic N) is 2. The minimum absolute atomic E-state index is 0.0661. The van der Waals surface area contributed by atoms with Crippen LogP contribution < -0.4 is 10.3 Å². The van der Waals surface area contributed by atoms with Crippen LogP contribution in [-0.4, -0.2) is 16.7 Å². The molecule has 2 aromatic heterocycles. The van der Waals surface area contributed by atoms with Gasteiger partial charge in [0.25, 0.3) is 5.56 Å². The second-order valence-electron chi connectivity index (χ2n) is 5.31. The Morgan fingerprint density at radius 2 is 1.79 bits per heavy atom. The number of hydrogen-bond acceptors (Lipinski definition) is 4. The van der Waals surface area contributed by atoms with E-state index in [2.05, 4.69) is 4.98 Å². The molecule has 0 spiro atoms. The summed E-state index contributed by atoms with van der Waals surface area (Å²) in [5.41, 5.74) is 1.79. The maximum absolute atomic E-state index is 12.8. The van der Waals surface area contributed by atoms with Gasteiger partial charge in [0.15, 0.2) is 0 Å². The fraction of sp³-hybridized carbons (Fsp3) is 0.0526. The average Bonchev–Trinajstić information content (AvgIpc) is 3.08. The molecule has 0 fully saturated rings. The number of ether oxygens (including phenoxy) is 1. The summed E-state index contributed by atoms with van der Waals surface area (Å²) in [7, 11) is 1.62. The Bertz CT molecular complexity index is 1050. The predicted molar refractivity (Wildman–Crippen MR) is 97.2 cm³/mol. The van der Waals surface area contributed by atoms with Gasteiger partial charge < -0.3 is 4.74 Å². The van der Waals surface area contributed by atoms with Gasteiger partial charge in [0, 0.05) is 4.88 Å². The summed E-state index contributed by atoms with van der Waals surface area (Å²) in [6, 6.07) is 19.3. The van der Waals surface area contributed by atoms with Gasteiger partial charge in [-0.2, -0.15) is 0 Å². The minimum atomic E-state index is -0.0661. The molecule has 0 aliphatic heterocycles. The van der Waals surface area contributed by atoms with Crippen LogP contribution in [-0.2, 0) is 0 Å². The third-order valence-corrected chi connectivity index (χ3v) is 4.95. The van der Waals surface area contributed by atoms with Crippen LogP contribution in [0, 0.1) is 0 Å². The second-order valence-corrected chi connectivity index (χ2v) is 6.34. The van der Waals surface area contributed by atoms with Crippen molar-refractivity contribution in [1.82, 2.24) is 9.55 Å². The molecule has 4 rings (SSSR count). The summed E-state index contributed by atoms with van der Waals surface area (Å²) in [5, 5.41) is 0.636. The lowest BCUT2D eigenvalue weighted by Crippen LogP contribution is -2.17. The largest absolute Gasteiger partial charge is 0.497 e. The van der Waals surface area contributed by atoms with Gasteiger partial charge in [0.05, 0.1) is 18.2 Å². The number of methoxy groups -OCH3 is 1. The van der Waals surface area contributed by atoms with E-state index in [4.69, 9.17) is 4.74 Å². The van der Waals surface area contributed by atoms with Gasteiger partial charge >= 0.3 is 0 Å². The van der Waals surface area contributed by atoms with Crippen molar-refractivity contribution in [2.75, 3.05) is 7.11 Å². The summed E-state index contributed by atoms with van der Waals surface area (Å²) in [6.45, 7) is 0. The van der Waals surface area contributed by atoms with E-state index < -0.39 is 0 Å². The Kier molecular flexibility index (Phi) is 3.63. The number of hydrogen-bond donors (Lipinski definition) is 0. The lowest BCUT2D eigenvalue weighted by Gasteiger charge is -2.06. The molecule has 0 unspecified atom stereocenters. The molecule has 4 aromatic rings. The monoisotopic (exact) mass is 334 g/mol. The standard InChI is InChI=1S/C19H14N2O2S/c1-23-15-9-7-14(8-10-15)21-12-20-18-16(19(21)22)11-17(24-18)13-5-3-2-4-6-13/h2-12H,1H3. The first-order valence-electron chi connectivity index (χ1n) is 7.47. The Hall–Kier alpha value is -2.92. The molecule has 2 aromatic carbocycles. The van der Waals surface area contributed by atoms with E-state index in [1.54, 1.807) is 18.0 Å². The number of aromatic nitrogens is 2. The van der Waals surface area contributed by atoms with E-state index in [0.29, 0.717) is 5.39 Å². The lowest BCUT2D eigenvalue weighted by molar-refractivity contribution is 0.414. The molecule has 0 radical (unpaired) electrons. The average molecular weight is 334 g/mol. The highest BCUT2D eigenvalue weighted by atomic mass is 32.1. The molecule has 0 N–H and O–H groups in total. The fourth-order valence-corrected chi connectivity index (χ4v) is 3.59. The van der Waals surface area contributed by atoms with E-state index in [1.165, 1.54) is 11.3 Å². The molecule has 4 nitrogen and oxygen atoms in total. The van der Waals surface area contributed by atoms with Gasteiger partial charge in [-0.3, -0.25) is 9.36 Å². The molecule has 0 atom stereocenters. The molecule has 5 heteroatoms. The van der Waals surface area contributed by atoms with Crippen LogP contribution in [0.3, 0.4) is 0 Å². The highest BCUT2D eigenvalue weighted by Gasteiger charge is 2.11. The van der Waals surface area contributed by atoms with Crippen LogP contribution in [0.5, 0.6) is 5.75 Å². The van der Waals surface area contributed by atoms with Crippen molar-refractivity contribution in [3.05, 3.63) is 77.3 Å². The molecule has 118 valence electrons. The van der Waals surface area contributed by atoms with Crippen LogP contribution in [0.25, 0.3) is 26.3 Å². The van der Waals surface area contributed by atoms with Gasteiger partial charge in [-0.05, 0) is 35.9 Å². The first-order chi connectivity index (χ1) is 11.8. The van der Waals surface area contributed by atoms with Crippen molar-refractivity contribution < 1.29 is 4.74 Å². The lowest BCUT2D eigenvalue weighted by atomic mass is 10.2. The molecule has 0 saturated heterocycles. The molecule has 0 bridgehead atoms. The number of rotatable bonds is 3. The molecule has 0 aliphatic carbocycles. The highest BCUT2D eigenvalue weighted by molar-refractivity contribution is 7.21. The molecular formula is C19H14N2O2S.